The highest BCUT2D eigenvalue weighted by Gasteiger charge is 2.39. The number of rotatable bonds is 5. The summed E-state index contributed by atoms with van der Waals surface area (Å²) in [5, 5.41) is 0. The van der Waals surface area contributed by atoms with Crippen LogP contribution >= 0.6 is 0 Å². The van der Waals surface area contributed by atoms with Crippen molar-refractivity contribution in [2.45, 2.75) is 13.1 Å². The van der Waals surface area contributed by atoms with E-state index >= 15 is 0 Å². The van der Waals surface area contributed by atoms with Gasteiger partial charge in [-0.25, -0.2) is 22.0 Å². The molecule has 0 unspecified atom stereocenters. The summed E-state index contributed by atoms with van der Waals surface area (Å²) in [4.78, 5) is 1.65. The van der Waals surface area contributed by atoms with Gasteiger partial charge in [-0.15, -0.1) is 0 Å². The van der Waals surface area contributed by atoms with Gasteiger partial charge in [0.15, 0.2) is 23.3 Å². The minimum absolute atomic E-state index is 0. The number of nitrogens with zero attached hydrogens (tertiary/aromatic N) is 2. The van der Waals surface area contributed by atoms with Gasteiger partial charge in [0.05, 0.1) is 0 Å². The molecule has 0 bridgehead atoms. The summed E-state index contributed by atoms with van der Waals surface area (Å²) in [6.45, 7) is 1.33. The molecular weight excluding hydrogens is 479 g/mol. The molecule has 0 aliphatic carbocycles. The van der Waals surface area contributed by atoms with Crippen molar-refractivity contribution in [3.8, 4) is 0 Å². The lowest BCUT2D eigenvalue weighted by atomic mass is 10.1. The Kier molecular flexibility index (Phi) is 7.10. The first-order chi connectivity index (χ1) is 14.5. The quantitative estimate of drug-likeness (QED) is 0.226. The summed E-state index contributed by atoms with van der Waals surface area (Å²) in [5.41, 5.74) is 0.830. The smallest absolute Gasteiger partial charge is 0.286 e. The fourth-order valence-electron chi connectivity index (χ4n) is 3.69. The molecule has 0 amide bonds. The third-order valence-electron chi connectivity index (χ3n) is 5.10. The van der Waals surface area contributed by atoms with Crippen LogP contribution < -0.4 is 17.0 Å². The SMILES string of the molecule is Fc1c(F)c(F)c(C2=[N+](Cc3ccccc3)CCN2Cc2ccccc2)c(F)c1F.[Br-]. The average molecular weight is 497 g/mol. The van der Waals surface area contributed by atoms with Gasteiger partial charge in [0.25, 0.3) is 5.84 Å². The van der Waals surface area contributed by atoms with Gasteiger partial charge in [-0.05, 0) is 11.1 Å². The maximum absolute atomic E-state index is 14.7. The second-order valence-electron chi connectivity index (χ2n) is 7.08. The summed E-state index contributed by atoms with van der Waals surface area (Å²) < 4.78 is 72.5. The normalized spacial score (nSPS) is 13.5. The first kappa shape index (κ1) is 22.9. The molecule has 2 nitrogen and oxygen atoms in total. The Bertz CT molecular complexity index is 1070. The van der Waals surface area contributed by atoms with Gasteiger partial charge in [0.2, 0.25) is 5.82 Å². The third kappa shape index (κ3) is 4.49. The van der Waals surface area contributed by atoms with E-state index in [4.69, 9.17) is 0 Å². The van der Waals surface area contributed by atoms with Crippen molar-refractivity contribution in [2.75, 3.05) is 13.1 Å². The van der Waals surface area contributed by atoms with E-state index in [2.05, 4.69) is 0 Å². The van der Waals surface area contributed by atoms with Gasteiger partial charge in [-0.2, -0.15) is 0 Å². The van der Waals surface area contributed by atoms with E-state index in [-0.39, 0.29) is 35.9 Å². The van der Waals surface area contributed by atoms with Crippen LogP contribution in [0.3, 0.4) is 0 Å². The third-order valence-corrected chi connectivity index (χ3v) is 5.10. The summed E-state index contributed by atoms with van der Waals surface area (Å²) >= 11 is 0. The van der Waals surface area contributed by atoms with Crippen molar-refractivity contribution in [3.63, 3.8) is 0 Å². The summed E-state index contributed by atoms with van der Waals surface area (Å²) in [6.07, 6.45) is 0. The first-order valence-electron chi connectivity index (χ1n) is 9.44. The van der Waals surface area contributed by atoms with Crippen LogP contribution in [0.4, 0.5) is 22.0 Å². The molecule has 3 aromatic carbocycles. The topological polar surface area (TPSA) is 6.25 Å². The van der Waals surface area contributed by atoms with E-state index in [0.717, 1.165) is 11.1 Å². The largest absolute Gasteiger partial charge is 1.00 e. The van der Waals surface area contributed by atoms with Crippen LogP contribution in [0.25, 0.3) is 0 Å². The van der Waals surface area contributed by atoms with Crippen molar-refractivity contribution < 1.29 is 43.5 Å². The molecule has 0 saturated heterocycles. The maximum atomic E-state index is 14.7. The zero-order valence-electron chi connectivity index (χ0n) is 16.3. The second-order valence-corrected chi connectivity index (χ2v) is 7.08. The Morgan fingerprint density at radius 2 is 1.16 bits per heavy atom. The first-order valence-corrected chi connectivity index (χ1v) is 9.44. The van der Waals surface area contributed by atoms with Crippen LogP contribution in [0.2, 0.25) is 0 Å². The van der Waals surface area contributed by atoms with Gasteiger partial charge in [-0.1, -0.05) is 60.7 Å². The fourth-order valence-corrected chi connectivity index (χ4v) is 3.69. The molecule has 0 saturated carbocycles. The van der Waals surface area contributed by atoms with Crippen molar-refractivity contribution in [1.82, 2.24) is 4.90 Å². The van der Waals surface area contributed by atoms with E-state index in [0.29, 0.717) is 13.1 Å². The van der Waals surface area contributed by atoms with Gasteiger partial charge in [-0.3, -0.25) is 9.48 Å². The molecule has 1 aliphatic rings. The molecule has 0 radical (unpaired) electrons. The highest BCUT2D eigenvalue weighted by molar-refractivity contribution is 5.96. The lowest BCUT2D eigenvalue weighted by molar-refractivity contribution is -0.534. The van der Waals surface area contributed by atoms with Crippen LogP contribution in [-0.2, 0) is 13.1 Å². The van der Waals surface area contributed by atoms with Gasteiger partial charge < -0.3 is 17.0 Å². The standard InChI is InChI=1S/C23H18F5N2.BrH/c24-18-17(19(25)21(27)22(28)20(18)26)23-29(13-15-7-3-1-4-8-15)11-12-30(23)14-16-9-5-2-6-10-16;/h1-10H,11-14H2;1H/q+1;/p-1. The van der Waals surface area contributed by atoms with Crippen LogP contribution in [0, 0.1) is 29.1 Å². The number of halogens is 6. The summed E-state index contributed by atoms with van der Waals surface area (Å²) in [5.74, 6) is -9.68. The van der Waals surface area contributed by atoms with Crippen molar-refractivity contribution >= 4 is 5.84 Å². The molecule has 4 rings (SSSR count). The lowest BCUT2D eigenvalue weighted by Crippen LogP contribution is -3.00. The van der Waals surface area contributed by atoms with Crippen molar-refractivity contribution in [3.05, 3.63) is 106 Å². The highest BCUT2D eigenvalue weighted by Crippen LogP contribution is 2.27. The van der Waals surface area contributed by atoms with Crippen molar-refractivity contribution in [1.29, 1.82) is 0 Å². The molecule has 1 aliphatic heterocycles. The molecule has 162 valence electrons. The number of hydrogen-bond acceptors (Lipinski definition) is 1. The molecule has 0 N–H and O–H groups in total. The Balaban J connectivity index is 0.00000272. The molecule has 3 aromatic rings. The maximum Gasteiger partial charge on any atom is 0.286 e. The Morgan fingerprint density at radius 1 is 0.677 bits per heavy atom. The number of benzene rings is 3. The number of amidine groups is 1. The van der Waals surface area contributed by atoms with Gasteiger partial charge >= 0.3 is 0 Å². The van der Waals surface area contributed by atoms with Crippen LogP contribution in [0.1, 0.15) is 16.7 Å². The lowest BCUT2D eigenvalue weighted by Gasteiger charge is -2.16. The molecule has 1 heterocycles. The van der Waals surface area contributed by atoms with E-state index in [9.17, 15) is 22.0 Å². The van der Waals surface area contributed by atoms with E-state index in [1.165, 1.54) is 0 Å². The van der Waals surface area contributed by atoms with Crippen LogP contribution in [0.5, 0.6) is 0 Å². The minimum atomic E-state index is -2.16. The zero-order valence-corrected chi connectivity index (χ0v) is 17.9. The molecular formula is C23H18BrF5N2. The molecule has 31 heavy (non-hydrogen) atoms. The molecule has 0 spiro atoms. The van der Waals surface area contributed by atoms with Crippen LogP contribution in [-0.4, -0.2) is 28.4 Å². The predicted molar refractivity (Wildman–Crippen MR) is 102 cm³/mol. The fraction of sp³-hybridized carbons (Fsp3) is 0.174. The number of hydrogen-bond donors (Lipinski definition) is 0. The molecule has 0 atom stereocenters. The van der Waals surface area contributed by atoms with E-state index in [1.807, 2.05) is 60.7 Å². The molecule has 0 aromatic heterocycles. The molecule has 0 fully saturated rings. The highest BCUT2D eigenvalue weighted by atomic mass is 79.9. The Hall–Kier alpha value is -2.74. The van der Waals surface area contributed by atoms with Crippen LogP contribution in [0.15, 0.2) is 60.7 Å². The van der Waals surface area contributed by atoms with Gasteiger partial charge in [0.1, 0.15) is 31.7 Å². The molecule has 8 heteroatoms. The second kappa shape index (κ2) is 9.60. The predicted octanol–water partition coefficient (Wildman–Crippen LogP) is 1.86. The van der Waals surface area contributed by atoms with Gasteiger partial charge in [0, 0.05) is 0 Å². The van der Waals surface area contributed by atoms with E-state index in [1.54, 1.807) is 9.48 Å². The summed E-state index contributed by atoms with van der Waals surface area (Å²) in [6, 6.07) is 18.3. The Morgan fingerprint density at radius 3 is 1.71 bits per heavy atom. The van der Waals surface area contributed by atoms with Crippen molar-refractivity contribution in [2.24, 2.45) is 0 Å². The average Bonchev–Trinajstić information content (AvgIpc) is 3.14. The summed E-state index contributed by atoms with van der Waals surface area (Å²) in [7, 11) is 0. The minimum Gasteiger partial charge on any atom is -1.00 e. The zero-order chi connectivity index (χ0) is 21.3. The van der Waals surface area contributed by atoms with E-state index < -0.39 is 34.6 Å². The Labute approximate surface area is 187 Å². The monoisotopic (exact) mass is 496 g/mol.